The number of carbonyl (C=O) groups excluding carboxylic acids is 1. The quantitative estimate of drug-likeness (QED) is 0.618. The van der Waals surface area contributed by atoms with Crippen LogP contribution in [0.25, 0.3) is 0 Å². The molecular formula is C24H27NO3. The molecule has 1 aliphatic heterocycles. The van der Waals surface area contributed by atoms with Crippen molar-refractivity contribution in [1.82, 2.24) is 4.90 Å². The monoisotopic (exact) mass is 377 g/mol. The van der Waals surface area contributed by atoms with Crippen molar-refractivity contribution in [1.29, 1.82) is 0 Å². The summed E-state index contributed by atoms with van der Waals surface area (Å²) in [4.78, 5) is 15.3. The number of Topliss-reactive ketones (excluding diaryl/α,β-unsaturated/α-hetero) is 1. The lowest BCUT2D eigenvalue weighted by molar-refractivity contribution is 0.0811. The van der Waals surface area contributed by atoms with Crippen molar-refractivity contribution < 1.29 is 14.6 Å². The van der Waals surface area contributed by atoms with Gasteiger partial charge < -0.3 is 9.84 Å². The summed E-state index contributed by atoms with van der Waals surface area (Å²) in [6.07, 6.45) is 2.47. The van der Waals surface area contributed by atoms with Gasteiger partial charge in [0.15, 0.2) is 5.78 Å². The Morgan fingerprint density at radius 3 is 2.82 bits per heavy atom. The molecule has 146 valence electrons. The van der Waals surface area contributed by atoms with E-state index in [1.807, 2.05) is 36.4 Å². The van der Waals surface area contributed by atoms with Crippen LogP contribution in [0.1, 0.15) is 40.7 Å². The molecule has 4 heteroatoms. The van der Waals surface area contributed by atoms with E-state index in [2.05, 4.69) is 28.9 Å². The molecule has 28 heavy (non-hydrogen) atoms. The minimum Gasteiger partial charge on any atom is -0.497 e. The minimum absolute atomic E-state index is 0.0319. The first-order valence-corrected chi connectivity index (χ1v) is 9.79. The molecule has 0 aliphatic carbocycles. The van der Waals surface area contributed by atoms with Crippen LogP contribution in [0.15, 0.2) is 48.5 Å². The molecule has 0 radical (unpaired) electrons. The standard InChI is InChI=1S/C24H27NO3/c1-28-23-9-4-7-21(16-23)24(27)22-8-5-14-25(18-22)17-20-12-10-19(11-13-20)6-2-3-15-26/h4,7,9-13,16,22,26H,3,5,8,14-15,17-18H2,1H3. The molecule has 4 nitrogen and oxygen atoms in total. The molecule has 1 atom stereocenters. The maximum atomic E-state index is 12.9. The van der Waals surface area contributed by atoms with Crippen molar-refractivity contribution in [3.63, 3.8) is 0 Å². The largest absolute Gasteiger partial charge is 0.497 e. The van der Waals surface area contributed by atoms with Crippen LogP contribution >= 0.6 is 0 Å². The topological polar surface area (TPSA) is 49.8 Å². The van der Waals surface area contributed by atoms with Gasteiger partial charge in [-0.3, -0.25) is 9.69 Å². The molecule has 1 unspecified atom stereocenters. The number of ether oxygens (including phenoxy) is 1. The summed E-state index contributed by atoms with van der Waals surface area (Å²) in [6, 6.07) is 15.7. The second kappa shape index (κ2) is 10.1. The Kier molecular flexibility index (Phi) is 7.25. The Morgan fingerprint density at radius 1 is 1.25 bits per heavy atom. The van der Waals surface area contributed by atoms with Gasteiger partial charge in [-0.2, -0.15) is 0 Å². The van der Waals surface area contributed by atoms with Crippen molar-refractivity contribution in [2.45, 2.75) is 25.8 Å². The number of likely N-dealkylation sites (tertiary alicyclic amines) is 1. The number of benzene rings is 2. The van der Waals surface area contributed by atoms with E-state index in [0.717, 1.165) is 49.4 Å². The molecule has 0 aromatic heterocycles. The molecule has 1 N–H and O–H groups in total. The van der Waals surface area contributed by atoms with E-state index < -0.39 is 0 Å². The molecule has 0 saturated carbocycles. The Morgan fingerprint density at radius 2 is 2.07 bits per heavy atom. The number of ketones is 1. The van der Waals surface area contributed by atoms with Gasteiger partial charge in [-0.25, -0.2) is 0 Å². The maximum absolute atomic E-state index is 12.9. The SMILES string of the molecule is COc1cccc(C(=O)C2CCCN(Cc3ccc(C#CCCO)cc3)C2)c1. The third-order valence-electron chi connectivity index (χ3n) is 5.06. The summed E-state index contributed by atoms with van der Waals surface area (Å²) < 4.78 is 5.25. The van der Waals surface area contributed by atoms with Gasteiger partial charge in [-0.05, 0) is 49.2 Å². The third kappa shape index (κ3) is 5.45. The summed E-state index contributed by atoms with van der Waals surface area (Å²) in [5, 5.41) is 8.79. The zero-order chi connectivity index (χ0) is 19.8. The van der Waals surface area contributed by atoms with E-state index in [9.17, 15) is 4.79 Å². The molecule has 0 bridgehead atoms. The van der Waals surface area contributed by atoms with Gasteiger partial charge in [-0.1, -0.05) is 36.1 Å². The Labute approximate surface area is 167 Å². The number of piperidine rings is 1. The molecule has 1 saturated heterocycles. The van der Waals surface area contributed by atoms with Crippen molar-refractivity contribution in [2.24, 2.45) is 5.92 Å². The van der Waals surface area contributed by atoms with E-state index >= 15 is 0 Å². The lowest BCUT2D eigenvalue weighted by Gasteiger charge is -2.32. The number of hydrogen-bond donors (Lipinski definition) is 1. The number of aliphatic hydroxyl groups excluding tert-OH is 1. The van der Waals surface area contributed by atoms with E-state index in [-0.39, 0.29) is 18.3 Å². The van der Waals surface area contributed by atoms with Gasteiger partial charge in [-0.15, -0.1) is 0 Å². The first kappa shape index (κ1) is 20.1. The molecule has 0 amide bonds. The highest BCUT2D eigenvalue weighted by atomic mass is 16.5. The summed E-state index contributed by atoms with van der Waals surface area (Å²) in [7, 11) is 1.62. The zero-order valence-corrected chi connectivity index (χ0v) is 16.4. The lowest BCUT2D eigenvalue weighted by atomic mass is 9.89. The first-order valence-electron chi connectivity index (χ1n) is 9.79. The zero-order valence-electron chi connectivity index (χ0n) is 16.4. The van der Waals surface area contributed by atoms with Crippen LogP contribution in [-0.4, -0.2) is 42.6 Å². The molecule has 1 heterocycles. The molecule has 3 rings (SSSR count). The fourth-order valence-electron chi connectivity index (χ4n) is 3.60. The molecule has 0 spiro atoms. The normalized spacial score (nSPS) is 16.9. The van der Waals surface area contributed by atoms with Crippen molar-refractivity contribution in [2.75, 3.05) is 26.8 Å². The summed E-state index contributed by atoms with van der Waals surface area (Å²) in [5.41, 5.74) is 2.92. The van der Waals surface area contributed by atoms with Gasteiger partial charge in [0.2, 0.25) is 0 Å². The van der Waals surface area contributed by atoms with Crippen LogP contribution in [0, 0.1) is 17.8 Å². The van der Waals surface area contributed by atoms with Crippen LogP contribution in [0.2, 0.25) is 0 Å². The van der Waals surface area contributed by atoms with Crippen LogP contribution in [0.5, 0.6) is 5.75 Å². The Balaban J connectivity index is 1.60. The van der Waals surface area contributed by atoms with Crippen LogP contribution in [-0.2, 0) is 6.54 Å². The Bertz CT molecular complexity index is 848. The van der Waals surface area contributed by atoms with Gasteiger partial charge in [0.05, 0.1) is 13.7 Å². The van der Waals surface area contributed by atoms with Crippen LogP contribution in [0.3, 0.4) is 0 Å². The van der Waals surface area contributed by atoms with Crippen LogP contribution in [0.4, 0.5) is 0 Å². The fraction of sp³-hybridized carbons (Fsp3) is 0.375. The number of hydrogen-bond acceptors (Lipinski definition) is 4. The Hall–Kier alpha value is -2.61. The van der Waals surface area contributed by atoms with Gasteiger partial charge in [0.25, 0.3) is 0 Å². The maximum Gasteiger partial charge on any atom is 0.167 e. The van der Waals surface area contributed by atoms with E-state index in [0.29, 0.717) is 6.42 Å². The first-order chi connectivity index (χ1) is 13.7. The number of rotatable bonds is 6. The molecule has 2 aromatic carbocycles. The van der Waals surface area contributed by atoms with Gasteiger partial charge in [0, 0.05) is 36.6 Å². The molecule has 1 aliphatic rings. The second-order valence-corrected chi connectivity index (χ2v) is 7.14. The average Bonchev–Trinajstić information content (AvgIpc) is 2.75. The smallest absolute Gasteiger partial charge is 0.167 e. The highest BCUT2D eigenvalue weighted by molar-refractivity contribution is 5.98. The molecule has 2 aromatic rings. The average molecular weight is 377 g/mol. The van der Waals surface area contributed by atoms with Crippen LogP contribution < -0.4 is 4.74 Å². The summed E-state index contributed by atoms with van der Waals surface area (Å²) in [5.74, 6) is 6.95. The van der Waals surface area contributed by atoms with Crippen molar-refractivity contribution in [3.05, 3.63) is 65.2 Å². The van der Waals surface area contributed by atoms with Gasteiger partial charge >= 0.3 is 0 Å². The lowest BCUT2D eigenvalue weighted by Crippen LogP contribution is -2.38. The highest BCUT2D eigenvalue weighted by Gasteiger charge is 2.26. The summed E-state index contributed by atoms with van der Waals surface area (Å²) >= 11 is 0. The van der Waals surface area contributed by atoms with Crippen molar-refractivity contribution >= 4 is 5.78 Å². The van der Waals surface area contributed by atoms with Gasteiger partial charge in [0.1, 0.15) is 5.75 Å². The predicted octanol–water partition coefficient (Wildman–Crippen LogP) is 3.52. The highest BCUT2D eigenvalue weighted by Crippen LogP contribution is 2.24. The number of nitrogens with zero attached hydrogens (tertiary/aromatic N) is 1. The number of aliphatic hydroxyl groups is 1. The molecule has 1 fully saturated rings. The van der Waals surface area contributed by atoms with Crippen molar-refractivity contribution in [3.8, 4) is 17.6 Å². The van der Waals surface area contributed by atoms with E-state index in [4.69, 9.17) is 9.84 Å². The fourth-order valence-corrected chi connectivity index (χ4v) is 3.60. The van der Waals surface area contributed by atoms with E-state index in [1.165, 1.54) is 5.56 Å². The number of carbonyl (C=O) groups is 1. The minimum atomic E-state index is 0.0319. The van der Waals surface area contributed by atoms with E-state index in [1.54, 1.807) is 7.11 Å². The summed E-state index contributed by atoms with van der Waals surface area (Å²) in [6.45, 7) is 2.73. The number of methoxy groups -OCH3 is 1. The molecular weight excluding hydrogens is 350 g/mol. The third-order valence-corrected chi connectivity index (χ3v) is 5.06. The predicted molar refractivity (Wildman–Crippen MR) is 110 cm³/mol. The second-order valence-electron chi connectivity index (χ2n) is 7.14.